The topological polar surface area (TPSA) is 38.8 Å². The van der Waals surface area contributed by atoms with E-state index in [0.29, 0.717) is 43.7 Å². The van der Waals surface area contributed by atoms with Gasteiger partial charge < -0.3 is 9.47 Å². The Hall–Kier alpha value is -1.99. The highest BCUT2D eigenvalue weighted by atomic mass is 35.5. The van der Waals surface area contributed by atoms with Crippen LogP contribution < -0.4 is 9.47 Å². The summed E-state index contributed by atoms with van der Waals surface area (Å²) in [7, 11) is 0. The highest BCUT2D eigenvalue weighted by Crippen LogP contribution is 2.38. The zero-order chi connectivity index (χ0) is 24.2. The number of amides is 1. The average molecular weight is 523 g/mol. The third kappa shape index (κ3) is 6.54. The lowest BCUT2D eigenvalue weighted by atomic mass is 9.87. The molecule has 0 aliphatic carbocycles. The molecule has 2 aromatic carbocycles. The van der Waals surface area contributed by atoms with Crippen molar-refractivity contribution in [2.24, 2.45) is 0 Å². The molecule has 1 heterocycles. The molecule has 0 spiro atoms. The number of carbonyl (C=O) groups excluding carboxylic acids is 1. The summed E-state index contributed by atoms with van der Waals surface area (Å²) in [6.45, 7) is 11.1. The third-order valence-corrected chi connectivity index (χ3v) is 6.70. The quantitative estimate of drug-likeness (QED) is 0.160. The van der Waals surface area contributed by atoms with Gasteiger partial charge in [-0.05, 0) is 41.3 Å². The van der Waals surface area contributed by atoms with Crippen LogP contribution in [0, 0.1) is 0 Å². The van der Waals surface area contributed by atoms with E-state index in [1.54, 1.807) is 24.3 Å². The Balaban J connectivity index is 1.70. The Labute approximate surface area is 214 Å². The summed E-state index contributed by atoms with van der Waals surface area (Å²) in [5.74, 6) is 1.01. The molecule has 174 valence electrons. The number of halogens is 2. The Morgan fingerprint density at radius 1 is 1.12 bits per heavy atom. The minimum absolute atomic E-state index is 0.0866. The maximum Gasteiger partial charge on any atom is 0.266 e. The SMILES string of the molecule is C=CCN1C(=O)/C(=C\c2cc(Cl)cc(Cl)c2OCCOc2ccc(C(C)(C)C)cc2)SC1=S. The lowest BCUT2D eigenvalue weighted by Gasteiger charge is -2.19. The monoisotopic (exact) mass is 521 g/mol. The van der Waals surface area contributed by atoms with E-state index < -0.39 is 0 Å². The molecule has 0 N–H and O–H groups in total. The molecule has 0 bridgehead atoms. The second-order valence-electron chi connectivity index (χ2n) is 8.36. The fourth-order valence-electron chi connectivity index (χ4n) is 3.12. The van der Waals surface area contributed by atoms with Gasteiger partial charge in [0.25, 0.3) is 5.91 Å². The van der Waals surface area contributed by atoms with E-state index >= 15 is 0 Å². The van der Waals surface area contributed by atoms with E-state index in [2.05, 4.69) is 39.5 Å². The van der Waals surface area contributed by atoms with Gasteiger partial charge in [-0.25, -0.2) is 0 Å². The molecule has 0 atom stereocenters. The van der Waals surface area contributed by atoms with E-state index in [0.717, 1.165) is 5.75 Å². The fraction of sp³-hybridized carbons (Fsp3) is 0.280. The van der Waals surface area contributed by atoms with Crippen LogP contribution in [0.2, 0.25) is 10.0 Å². The van der Waals surface area contributed by atoms with Crippen LogP contribution in [0.3, 0.4) is 0 Å². The van der Waals surface area contributed by atoms with Gasteiger partial charge in [0.05, 0.1) is 9.93 Å². The van der Waals surface area contributed by atoms with Gasteiger partial charge in [-0.2, -0.15) is 0 Å². The molecule has 1 fully saturated rings. The summed E-state index contributed by atoms with van der Waals surface area (Å²) in [6.07, 6.45) is 3.33. The number of benzene rings is 2. The second-order valence-corrected chi connectivity index (χ2v) is 10.9. The van der Waals surface area contributed by atoms with Crippen LogP contribution in [-0.2, 0) is 10.2 Å². The first kappa shape index (κ1) is 25.6. The molecule has 3 rings (SSSR count). The average Bonchev–Trinajstić information content (AvgIpc) is 3.00. The Bertz CT molecular complexity index is 1090. The molecule has 1 amide bonds. The largest absolute Gasteiger partial charge is 0.490 e. The summed E-state index contributed by atoms with van der Waals surface area (Å²) in [5, 5.41) is 0.792. The Morgan fingerprint density at radius 2 is 1.79 bits per heavy atom. The molecule has 0 unspecified atom stereocenters. The molecule has 0 saturated carbocycles. The summed E-state index contributed by atoms with van der Waals surface area (Å²) in [4.78, 5) is 14.6. The van der Waals surface area contributed by atoms with Crippen LogP contribution in [-0.4, -0.2) is 34.9 Å². The molecule has 33 heavy (non-hydrogen) atoms. The first-order valence-corrected chi connectivity index (χ1v) is 12.3. The van der Waals surface area contributed by atoms with Gasteiger partial charge in [0.2, 0.25) is 0 Å². The minimum atomic E-state index is -0.186. The van der Waals surface area contributed by atoms with Crippen molar-refractivity contribution in [3.8, 4) is 11.5 Å². The molecule has 1 aliphatic heterocycles. The zero-order valence-electron chi connectivity index (χ0n) is 18.7. The molecule has 0 radical (unpaired) electrons. The molecule has 0 aromatic heterocycles. The lowest BCUT2D eigenvalue weighted by molar-refractivity contribution is -0.121. The van der Waals surface area contributed by atoms with E-state index in [-0.39, 0.29) is 17.9 Å². The van der Waals surface area contributed by atoms with Gasteiger partial charge in [-0.15, -0.1) is 6.58 Å². The second kappa shape index (κ2) is 11.0. The number of ether oxygens (including phenoxy) is 2. The van der Waals surface area contributed by atoms with Crippen molar-refractivity contribution < 1.29 is 14.3 Å². The molecule has 8 heteroatoms. The summed E-state index contributed by atoms with van der Waals surface area (Å²) in [6, 6.07) is 11.3. The Morgan fingerprint density at radius 3 is 2.42 bits per heavy atom. The maximum atomic E-state index is 12.7. The molecule has 4 nitrogen and oxygen atoms in total. The predicted octanol–water partition coefficient (Wildman–Crippen LogP) is 7.14. The lowest BCUT2D eigenvalue weighted by Crippen LogP contribution is -2.27. The molecule has 1 saturated heterocycles. The number of hydrogen-bond acceptors (Lipinski definition) is 5. The van der Waals surface area contributed by atoms with Crippen LogP contribution in [0.4, 0.5) is 0 Å². The van der Waals surface area contributed by atoms with Gasteiger partial charge >= 0.3 is 0 Å². The van der Waals surface area contributed by atoms with Crippen molar-refractivity contribution in [1.29, 1.82) is 0 Å². The molecular formula is C25H25Cl2NO3S2. The molecule has 1 aliphatic rings. The number of thioether (sulfide) groups is 1. The number of rotatable bonds is 8. The van der Waals surface area contributed by atoms with Crippen molar-refractivity contribution in [3.05, 3.63) is 75.1 Å². The summed E-state index contributed by atoms with van der Waals surface area (Å²) >= 11 is 19.1. The van der Waals surface area contributed by atoms with Crippen LogP contribution in [0.25, 0.3) is 6.08 Å². The van der Waals surface area contributed by atoms with Crippen molar-refractivity contribution in [3.63, 3.8) is 0 Å². The summed E-state index contributed by atoms with van der Waals surface area (Å²) in [5.41, 5.74) is 1.92. The molecule has 2 aromatic rings. The van der Waals surface area contributed by atoms with Crippen LogP contribution in [0.5, 0.6) is 11.5 Å². The smallest absolute Gasteiger partial charge is 0.266 e. The van der Waals surface area contributed by atoms with Gasteiger partial charge in [-0.1, -0.05) is 86.2 Å². The number of carbonyl (C=O) groups is 1. The third-order valence-electron chi connectivity index (χ3n) is 4.83. The standard InChI is InChI=1S/C25H25Cl2NO3S2/c1-5-10-28-23(29)21(33-24(28)32)14-16-13-18(26)15-20(27)22(16)31-12-11-30-19-8-6-17(7-9-19)25(2,3)4/h5-9,13-15H,1,10-12H2,2-4H3/b21-14+. The summed E-state index contributed by atoms with van der Waals surface area (Å²) < 4.78 is 12.2. The van der Waals surface area contributed by atoms with Crippen LogP contribution in [0.15, 0.2) is 54.0 Å². The van der Waals surface area contributed by atoms with Gasteiger partial charge in [-0.3, -0.25) is 9.69 Å². The highest BCUT2D eigenvalue weighted by molar-refractivity contribution is 8.26. The minimum Gasteiger partial charge on any atom is -0.490 e. The van der Waals surface area contributed by atoms with E-state index in [1.807, 2.05) is 12.1 Å². The van der Waals surface area contributed by atoms with Gasteiger partial charge in [0.1, 0.15) is 29.0 Å². The van der Waals surface area contributed by atoms with E-state index in [9.17, 15) is 4.79 Å². The van der Waals surface area contributed by atoms with Gasteiger partial charge in [0, 0.05) is 17.1 Å². The molecular weight excluding hydrogens is 497 g/mol. The predicted molar refractivity (Wildman–Crippen MR) is 143 cm³/mol. The number of nitrogens with zero attached hydrogens (tertiary/aromatic N) is 1. The first-order chi connectivity index (χ1) is 15.6. The van der Waals surface area contributed by atoms with Crippen LogP contribution >= 0.6 is 47.2 Å². The van der Waals surface area contributed by atoms with E-state index in [1.165, 1.54) is 22.2 Å². The fourth-order valence-corrected chi connectivity index (χ4v) is 4.95. The van der Waals surface area contributed by atoms with E-state index in [4.69, 9.17) is 44.9 Å². The Kier molecular flexibility index (Phi) is 8.51. The number of thiocarbonyl (C=S) groups is 1. The first-order valence-electron chi connectivity index (χ1n) is 10.3. The normalized spacial score (nSPS) is 15.3. The number of hydrogen-bond donors (Lipinski definition) is 0. The van der Waals surface area contributed by atoms with Gasteiger partial charge in [0.15, 0.2) is 0 Å². The van der Waals surface area contributed by atoms with Crippen molar-refractivity contribution in [2.45, 2.75) is 26.2 Å². The highest BCUT2D eigenvalue weighted by Gasteiger charge is 2.31. The van der Waals surface area contributed by atoms with Crippen molar-refractivity contribution in [1.82, 2.24) is 4.90 Å². The van der Waals surface area contributed by atoms with Crippen LogP contribution in [0.1, 0.15) is 31.9 Å². The van der Waals surface area contributed by atoms with Crippen molar-refractivity contribution >= 4 is 63.5 Å². The zero-order valence-corrected chi connectivity index (χ0v) is 21.8. The van der Waals surface area contributed by atoms with Crippen molar-refractivity contribution in [2.75, 3.05) is 19.8 Å². The maximum absolute atomic E-state index is 12.7.